The number of ether oxygens (including phenoxy) is 2. The zero-order valence-electron chi connectivity index (χ0n) is 11.2. The van der Waals surface area contributed by atoms with Gasteiger partial charge in [-0.05, 0) is 32.3 Å². The fourth-order valence-electron chi connectivity index (χ4n) is 4.33. The number of rotatable bonds is 0. The Hall–Kier alpha value is -1.13. The Balaban J connectivity index is 1.83. The summed E-state index contributed by atoms with van der Waals surface area (Å²) < 4.78 is 11.3. The van der Waals surface area contributed by atoms with Crippen LogP contribution in [0, 0.1) is 11.8 Å². The van der Waals surface area contributed by atoms with E-state index in [9.17, 15) is 9.90 Å². The number of esters is 1. The monoisotopic (exact) mass is 262 g/mol. The molecule has 2 saturated heterocycles. The summed E-state index contributed by atoms with van der Waals surface area (Å²) in [7, 11) is 0. The predicted octanol–water partition coefficient (Wildman–Crippen LogP) is 1.34. The normalized spacial score (nSPS) is 51.4. The van der Waals surface area contributed by atoms with Crippen LogP contribution in [0.15, 0.2) is 23.3 Å². The molecule has 0 aromatic rings. The summed E-state index contributed by atoms with van der Waals surface area (Å²) >= 11 is 0. The molecule has 0 bridgehead atoms. The second-order valence-corrected chi connectivity index (χ2v) is 6.42. The number of carbonyl (C=O) groups is 1. The van der Waals surface area contributed by atoms with Crippen molar-refractivity contribution in [3.05, 3.63) is 23.3 Å². The second kappa shape index (κ2) is 3.30. The first kappa shape index (κ1) is 11.7. The van der Waals surface area contributed by atoms with Gasteiger partial charge in [0, 0.05) is 11.5 Å². The third kappa shape index (κ3) is 1.24. The van der Waals surface area contributed by atoms with Crippen molar-refractivity contribution < 1.29 is 19.4 Å². The van der Waals surface area contributed by atoms with Gasteiger partial charge in [0.2, 0.25) is 0 Å². The molecule has 4 rings (SSSR count). The SMILES string of the molecule is C=C1C(=O)O[C@H]2[C@H]1CCC(C)=C1[C@@H](O)[C@H]3O[C@@]3(C)[C@@H]12. The minimum Gasteiger partial charge on any atom is -0.458 e. The Bertz CT molecular complexity index is 534. The zero-order chi connectivity index (χ0) is 13.5. The van der Waals surface area contributed by atoms with Gasteiger partial charge < -0.3 is 14.6 Å². The van der Waals surface area contributed by atoms with Crippen LogP contribution in [-0.4, -0.2) is 35.0 Å². The summed E-state index contributed by atoms with van der Waals surface area (Å²) in [5.41, 5.74) is 2.50. The maximum Gasteiger partial charge on any atom is 0.334 e. The van der Waals surface area contributed by atoms with Crippen molar-refractivity contribution in [2.45, 2.75) is 50.6 Å². The van der Waals surface area contributed by atoms with E-state index in [0.29, 0.717) is 5.57 Å². The van der Waals surface area contributed by atoms with Gasteiger partial charge in [-0.1, -0.05) is 12.2 Å². The molecule has 4 nitrogen and oxygen atoms in total. The molecule has 3 fully saturated rings. The van der Waals surface area contributed by atoms with E-state index in [1.165, 1.54) is 5.57 Å². The Morgan fingerprint density at radius 1 is 1.47 bits per heavy atom. The lowest BCUT2D eigenvalue weighted by molar-refractivity contribution is -0.141. The highest BCUT2D eigenvalue weighted by Crippen LogP contribution is 2.61. The molecule has 0 spiro atoms. The molecule has 4 aliphatic rings. The lowest BCUT2D eigenvalue weighted by Gasteiger charge is -2.28. The summed E-state index contributed by atoms with van der Waals surface area (Å²) in [6, 6.07) is 0. The highest BCUT2D eigenvalue weighted by Gasteiger charge is 2.72. The summed E-state index contributed by atoms with van der Waals surface area (Å²) in [6.45, 7) is 7.98. The molecule has 102 valence electrons. The third-order valence-electron chi connectivity index (χ3n) is 5.45. The number of epoxide rings is 1. The molecule has 2 heterocycles. The maximum absolute atomic E-state index is 11.8. The minimum atomic E-state index is -0.540. The predicted molar refractivity (Wildman–Crippen MR) is 67.2 cm³/mol. The number of carbonyl (C=O) groups excluding carboxylic acids is 1. The van der Waals surface area contributed by atoms with Gasteiger partial charge in [0.15, 0.2) is 0 Å². The summed E-state index contributed by atoms with van der Waals surface area (Å²) in [5.74, 6) is -0.226. The van der Waals surface area contributed by atoms with Crippen LogP contribution in [0.25, 0.3) is 0 Å². The first-order valence-electron chi connectivity index (χ1n) is 6.90. The molecule has 6 atom stereocenters. The standard InChI is InChI=1S/C15H18O4/c1-6-4-5-8-7(2)14(17)18-12(8)10-9(6)11(16)13-15(10,3)19-13/h8,10-13,16H,2,4-5H2,1,3H3/t8-,10-,11+,12-,13+,15-/m0/s1. The van der Waals surface area contributed by atoms with Crippen molar-refractivity contribution in [1.82, 2.24) is 0 Å². The minimum absolute atomic E-state index is 0.0109. The second-order valence-electron chi connectivity index (χ2n) is 6.42. The molecule has 19 heavy (non-hydrogen) atoms. The lowest BCUT2D eigenvalue weighted by Crippen LogP contribution is -2.35. The van der Waals surface area contributed by atoms with Crippen LogP contribution < -0.4 is 0 Å². The van der Waals surface area contributed by atoms with E-state index >= 15 is 0 Å². The van der Waals surface area contributed by atoms with Crippen molar-refractivity contribution in [2.75, 3.05) is 0 Å². The fraction of sp³-hybridized carbons (Fsp3) is 0.667. The van der Waals surface area contributed by atoms with Gasteiger partial charge in [0.1, 0.15) is 23.9 Å². The molecular weight excluding hydrogens is 244 g/mol. The number of allylic oxidation sites excluding steroid dienone is 1. The number of hydrogen-bond donors (Lipinski definition) is 1. The van der Waals surface area contributed by atoms with Crippen molar-refractivity contribution in [3.8, 4) is 0 Å². The Kier molecular flexibility index (Phi) is 2.03. The van der Waals surface area contributed by atoms with E-state index in [-0.39, 0.29) is 35.6 Å². The summed E-state index contributed by atoms with van der Waals surface area (Å²) in [5, 5.41) is 10.4. The van der Waals surface area contributed by atoms with Gasteiger partial charge in [-0.2, -0.15) is 0 Å². The quantitative estimate of drug-likeness (QED) is 0.310. The van der Waals surface area contributed by atoms with Crippen LogP contribution in [0.3, 0.4) is 0 Å². The average molecular weight is 262 g/mol. The van der Waals surface area contributed by atoms with Gasteiger partial charge in [-0.15, -0.1) is 0 Å². The topological polar surface area (TPSA) is 59.1 Å². The highest BCUT2D eigenvalue weighted by molar-refractivity contribution is 5.91. The smallest absolute Gasteiger partial charge is 0.334 e. The van der Waals surface area contributed by atoms with Crippen LogP contribution in [0.1, 0.15) is 26.7 Å². The van der Waals surface area contributed by atoms with Crippen LogP contribution in [0.4, 0.5) is 0 Å². The van der Waals surface area contributed by atoms with Gasteiger partial charge in [-0.25, -0.2) is 4.79 Å². The van der Waals surface area contributed by atoms with E-state index in [1.807, 2.05) is 6.92 Å². The number of aliphatic hydroxyl groups excluding tert-OH is 1. The van der Waals surface area contributed by atoms with E-state index in [0.717, 1.165) is 18.4 Å². The number of aliphatic hydroxyl groups is 1. The van der Waals surface area contributed by atoms with E-state index < -0.39 is 6.10 Å². The zero-order valence-corrected chi connectivity index (χ0v) is 11.2. The van der Waals surface area contributed by atoms with E-state index in [4.69, 9.17) is 9.47 Å². The average Bonchev–Trinajstić information content (AvgIpc) is 2.94. The third-order valence-corrected chi connectivity index (χ3v) is 5.45. The fourth-order valence-corrected chi connectivity index (χ4v) is 4.33. The van der Waals surface area contributed by atoms with Crippen molar-refractivity contribution in [3.63, 3.8) is 0 Å². The molecule has 4 heteroatoms. The Morgan fingerprint density at radius 2 is 2.21 bits per heavy atom. The number of fused-ring (bicyclic) bond motifs is 5. The molecular formula is C15H18O4. The van der Waals surface area contributed by atoms with E-state index in [2.05, 4.69) is 13.5 Å². The van der Waals surface area contributed by atoms with Crippen LogP contribution in [0.5, 0.6) is 0 Å². The summed E-state index contributed by atoms with van der Waals surface area (Å²) in [6.07, 6.45) is 0.881. The largest absolute Gasteiger partial charge is 0.458 e. The van der Waals surface area contributed by atoms with Crippen molar-refractivity contribution >= 4 is 5.97 Å². The highest BCUT2D eigenvalue weighted by atomic mass is 16.6. The Labute approximate surface area is 112 Å². The molecule has 0 amide bonds. The number of hydrogen-bond acceptors (Lipinski definition) is 4. The van der Waals surface area contributed by atoms with Crippen LogP contribution in [-0.2, 0) is 14.3 Å². The summed E-state index contributed by atoms with van der Waals surface area (Å²) in [4.78, 5) is 11.8. The van der Waals surface area contributed by atoms with E-state index in [1.54, 1.807) is 0 Å². The first-order chi connectivity index (χ1) is 8.95. The first-order valence-corrected chi connectivity index (χ1v) is 6.90. The molecule has 0 unspecified atom stereocenters. The lowest BCUT2D eigenvalue weighted by atomic mass is 9.81. The maximum atomic E-state index is 11.8. The molecule has 2 aliphatic carbocycles. The molecule has 1 N–H and O–H groups in total. The molecule has 0 radical (unpaired) electrons. The molecule has 2 aliphatic heterocycles. The van der Waals surface area contributed by atoms with Crippen LogP contribution in [0.2, 0.25) is 0 Å². The Morgan fingerprint density at radius 3 is 2.95 bits per heavy atom. The van der Waals surface area contributed by atoms with Crippen LogP contribution >= 0.6 is 0 Å². The molecule has 0 aromatic heterocycles. The van der Waals surface area contributed by atoms with Gasteiger partial charge in [0.25, 0.3) is 0 Å². The van der Waals surface area contributed by atoms with Crippen molar-refractivity contribution in [1.29, 1.82) is 0 Å². The van der Waals surface area contributed by atoms with Gasteiger partial charge >= 0.3 is 5.97 Å². The van der Waals surface area contributed by atoms with Crippen molar-refractivity contribution in [2.24, 2.45) is 11.8 Å². The van der Waals surface area contributed by atoms with Gasteiger partial charge in [-0.3, -0.25) is 0 Å². The van der Waals surface area contributed by atoms with Gasteiger partial charge in [0.05, 0.1) is 5.92 Å². The molecule has 0 aromatic carbocycles. The molecule has 1 saturated carbocycles.